The van der Waals surface area contributed by atoms with Gasteiger partial charge >= 0.3 is 0 Å². The van der Waals surface area contributed by atoms with Crippen molar-refractivity contribution in [3.63, 3.8) is 0 Å². The molecule has 0 fully saturated rings. The van der Waals surface area contributed by atoms with Gasteiger partial charge in [-0.2, -0.15) is 0 Å². The quantitative estimate of drug-likeness (QED) is 0.811. The highest BCUT2D eigenvalue weighted by atomic mass is 16.5. The van der Waals surface area contributed by atoms with Gasteiger partial charge in [0.15, 0.2) is 0 Å². The predicted octanol–water partition coefficient (Wildman–Crippen LogP) is 3.05. The fourth-order valence-corrected chi connectivity index (χ4v) is 2.65. The second-order valence-electron chi connectivity index (χ2n) is 6.05. The molecule has 24 heavy (non-hydrogen) atoms. The molecule has 0 bridgehead atoms. The van der Waals surface area contributed by atoms with Gasteiger partial charge in [0, 0.05) is 13.0 Å². The minimum absolute atomic E-state index is 0.0774. The standard InChI is InChI=1S/C20H26N2O2/c1-22(2)19(17-10-7-11-18(14-17)24-3)15-21-20(23)13-12-16-8-5-4-6-9-16/h4-11,14,19H,12-13,15H2,1-3H3,(H,21,23). The first-order chi connectivity index (χ1) is 11.6. The number of amides is 1. The number of carbonyl (C=O) groups is 1. The molecule has 2 aromatic rings. The molecule has 4 heteroatoms. The number of methoxy groups -OCH3 is 1. The molecule has 0 aromatic heterocycles. The number of nitrogens with one attached hydrogen (secondary N) is 1. The zero-order chi connectivity index (χ0) is 17.4. The first-order valence-electron chi connectivity index (χ1n) is 8.21. The number of carbonyl (C=O) groups excluding carboxylic acids is 1. The Morgan fingerprint density at radius 2 is 1.88 bits per heavy atom. The van der Waals surface area contributed by atoms with E-state index in [1.54, 1.807) is 7.11 Å². The van der Waals surface area contributed by atoms with Crippen molar-refractivity contribution >= 4 is 5.91 Å². The van der Waals surface area contributed by atoms with Crippen LogP contribution in [0.25, 0.3) is 0 Å². The van der Waals surface area contributed by atoms with E-state index in [4.69, 9.17) is 4.74 Å². The molecule has 4 nitrogen and oxygen atoms in total. The fourth-order valence-electron chi connectivity index (χ4n) is 2.65. The van der Waals surface area contributed by atoms with Gasteiger partial charge in [-0.1, -0.05) is 42.5 Å². The van der Waals surface area contributed by atoms with Gasteiger partial charge in [-0.15, -0.1) is 0 Å². The molecule has 2 rings (SSSR count). The molecule has 0 saturated heterocycles. The summed E-state index contributed by atoms with van der Waals surface area (Å²) < 4.78 is 5.29. The van der Waals surface area contributed by atoms with Crippen LogP contribution in [-0.2, 0) is 11.2 Å². The van der Waals surface area contributed by atoms with Crippen LogP contribution in [-0.4, -0.2) is 38.6 Å². The molecule has 0 spiro atoms. The maximum atomic E-state index is 12.1. The first kappa shape index (κ1) is 18.0. The van der Waals surface area contributed by atoms with Gasteiger partial charge < -0.3 is 15.0 Å². The molecule has 1 N–H and O–H groups in total. The van der Waals surface area contributed by atoms with Crippen molar-refractivity contribution in [1.29, 1.82) is 0 Å². The summed E-state index contributed by atoms with van der Waals surface area (Å²) in [6.45, 7) is 0.577. The summed E-state index contributed by atoms with van der Waals surface area (Å²) >= 11 is 0. The number of hydrogen-bond donors (Lipinski definition) is 1. The lowest BCUT2D eigenvalue weighted by atomic mass is 10.1. The second-order valence-corrected chi connectivity index (χ2v) is 6.05. The van der Waals surface area contributed by atoms with Crippen molar-refractivity contribution in [2.24, 2.45) is 0 Å². The van der Waals surface area contributed by atoms with E-state index in [0.29, 0.717) is 13.0 Å². The lowest BCUT2D eigenvalue weighted by Gasteiger charge is -2.25. The zero-order valence-corrected chi connectivity index (χ0v) is 14.7. The molecule has 0 saturated carbocycles. The van der Waals surface area contributed by atoms with Gasteiger partial charge in [0.1, 0.15) is 5.75 Å². The molecule has 0 aliphatic heterocycles. The van der Waals surface area contributed by atoms with Crippen LogP contribution in [0.15, 0.2) is 54.6 Å². The van der Waals surface area contributed by atoms with Crippen LogP contribution in [0.5, 0.6) is 5.75 Å². The summed E-state index contributed by atoms with van der Waals surface area (Å²) in [4.78, 5) is 14.2. The van der Waals surface area contributed by atoms with Crippen molar-refractivity contribution in [3.05, 3.63) is 65.7 Å². The third-order valence-electron chi connectivity index (χ3n) is 4.08. The van der Waals surface area contributed by atoms with Crippen LogP contribution in [0.4, 0.5) is 0 Å². The highest BCUT2D eigenvalue weighted by Crippen LogP contribution is 2.22. The number of hydrogen-bond acceptors (Lipinski definition) is 3. The van der Waals surface area contributed by atoms with Gasteiger partial charge in [-0.05, 0) is 43.8 Å². The predicted molar refractivity (Wildman–Crippen MR) is 97.2 cm³/mol. The lowest BCUT2D eigenvalue weighted by molar-refractivity contribution is -0.121. The topological polar surface area (TPSA) is 41.6 Å². The zero-order valence-electron chi connectivity index (χ0n) is 14.7. The van der Waals surface area contributed by atoms with Crippen LogP contribution in [0.2, 0.25) is 0 Å². The van der Waals surface area contributed by atoms with E-state index in [-0.39, 0.29) is 11.9 Å². The Morgan fingerprint density at radius 3 is 2.54 bits per heavy atom. The Morgan fingerprint density at radius 1 is 1.12 bits per heavy atom. The summed E-state index contributed by atoms with van der Waals surface area (Å²) in [6.07, 6.45) is 1.26. The monoisotopic (exact) mass is 326 g/mol. The summed E-state index contributed by atoms with van der Waals surface area (Å²) in [5.74, 6) is 0.906. The smallest absolute Gasteiger partial charge is 0.220 e. The summed E-state index contributed by atoms with van der Waals surface area (Å²) in [5, 5.41) is 3.05. The summed E-state index contributed by atoms with van der Waals surface area (Å²) in [6, 6.07) is 18.2. The minimum Gasteiger partial charge on any atom is -0.497 e. The molecule has 1 amide bonds. The average molecular weight is 326 g/mol. The van der Waals surface area contributed by atoms with Crippen molar-refractivity contribution < 1.29 is 9.53 Å². The van der Waals surface area contributed by atoms with Crippen LogP contribution < -0.4 is 10.1 Å². The maximum absolute atomic E-state index is 12.1. The van der Waals surface area contributed by atoms with Crippen LogP contribution in [0, 0.1) is 0 Å². The van der Waals surface area contributed by atoms with Crippen LogP contribution in [0.1, 0.15) is 23.6 Å². The Labute approximate surface area is 144 Å². The molecular formula is C20H26N2O2. The van der Waals surface area contributed by atoms with E-state index in [0.717, 1.165) is 17.7 Å². The lowest BCUT2D eigenvalue weighted by Crippen LogP contribution is -2.34. The largest absolute Gasteiger partial charge is 0.497 e. The van der Waals surface area contributed by atoms with E-state index in [2.05, 4.69) is 16.3 Å². The molecule has 128 valence electrons. The molecule has 0 aliphatic carbocycles. The third-order valence-corrected chi connectivity index (χ3v) is 4.08. The Balaban J connectivity index is 1.90. The third kappa shape index (κ3) is 5.39. The normalized spacial score (nSPS) is 12.0. The minimum atomic E-state index is 0.0774. The Hall–Kier alpha value is -2.33. The highest BCUT2D eigenvalue weighted by Gasteiger charge is 2.16. The molecule has 0 radical (unpaired) electrons. The molecule has 1 atom stereocenters. The van der Waals surface area contributed by atoms with Gasteiger partial charge in [0.2, 0.25) is 5.91 Å². The van der Waals surface area contributed by atoms with E-state index in [1.807, 2.05) is 62.6 Å². The number of rotatable bonds is 8. The molecular weight excluding hydrogens is 300 g/mol. The van der Waals surface area contributed by atoms with Gasteiger partial charge in [-0.25, -0.2) is 0 Å². The molecule has 2 aromatic carbocycles. The van der Waals surface area contributed by atoms with Crippen molar-refractivity contribution in [2.45, 2.75) is 18.9 Å². The van der Waals surface area contributed by atoms with Crippen molar-refractivity contribution in [3.8, 4) is 5.75 Å². The number of ether oxygens (including phenoxy) is 1. The van der Waals surface area contributed by atoms with Gasteiger partial charge in [0.25, 0.3) is 0 Å². The van der Waals surface area contributed by atoms with Crippen LogP contribution in [0.3, 0.4) is 0 Å². The van der Waals surface area contributed by atoms with Crippen molar-refractivity contribution in [1.82, 2.24) is 10.2 Å². The molecule has 0 heterocycles. The van der Waals surface area contributed by atoms with E-state index in [9.17, 15) is 4.79 Å². The van der Waals surface area contributed by atoms with E-state index in [1.165, 1.54) is 5.56 Å². The van der Waals surface area contributed by atoms with Gasteiger partial charge in [-0.3, -0.25) is 4.79 Å². The SMILES string of the molecule is COc1cccc(C(CNC(=O)CCc2ccccc2)N(C)C)c1. The highest BCUT2D eigenvalue weighted by molar-refractivity contribution is 5.76. The Bertz CT molecular complexity index is 641. The Kier molecular flexibility index (Phi) is 6.82. The second kappa shape index (κ2) is 9.08. The molecule has 1 unspecified atom stereocenters. The fraction of sp³-hybridized carbons (Fsp3) is 0.350. The summed E-state index contributed by atoms with van der Waals surface area (Å²) in [5.41, 5.74) is 2.31. The first-order valence-corrected chi connectivity index (χ1v) is 8.21. The van der Waals surface area contributed by atoms with E-state index < -0.39 is 0 Å². The maximum Gasteiger partial charge on any atom is 0.220 e. The summed E-state index contributed by atoms with van der Waals surface area (Å²) in [7, 11) is 5.69. The number of aryl methyl sites for hydroxylation is 1. The number of nitrogens with zero attached hydrogens (tertiary/aromatic N) is 1. The molecule has 0 aliphatic rings. The average Bonchev–Trinajstić information content (AvgIpc) is 2.61. The van der Waals surface area contributed by atoms with Crippen LogP contribution >= 0.6 is 0 Å². The van der Waals surface area contributed by atoms with E-state index >= 15 is 0 Å². The van der Waals surface area contributed by atoms with Gasteiger partial charge in [0.05, 0.1) is 13.2 Å². The number of benzene rings is 2. The number of likely N-dealkylation sites (N-methyl/N-ethyl adjacent to an activating group) is 1. The van der Waals surface area contributed by atoms with Crippen molar-refractivity contribution in [2.75, 3.05) is 27.7 Å².